The Morgan fingerprint density at radius 1 is 1.00 bits per heavy atom. The summed E-state index contributed by atoms with van der Waals surface area (Å²) >= 11 is 0. The topological polar surface area (TPSA) is 52.6 Å². The van der Waals surface area contributed by atoms with Gasteiger partial charge in [0.25, 0.3) is 0 Å². The van der Waals surface area contributed by atoms with Gasteiger partial charge in [0.15, 0.2) is 0 Å². The molecule has 0 spiro atoms. The molecule has 0 radical (unpaired) electrons. The molecule has 2 aromatic rings. The number of methoxy groups -OCH3 is 1. The average molecular weight is 310 g/mol. The molecule has 23 heavy (non-hydrogen) atoms. The summed E-state index contributed by atoms with van der Waals surface area (Å²) in [5.74, 6) is -0.307. The third kappa shape index (κ3) is 3.59. The predicted octanol–water partition coefficient (Wildman–Crippen LogP) is 3.11. The van der Waals surface area contributed by atoms with Gasteiger partial charge in [-0.3, -0.25) is 4.79 Å². The van der Waals surface area contributed by atoms with Gasteiger partial charge in [0, 0.05) is 0 Å². The lowest BCUT2D eigenvalue weighted by atomic mass is 10.0. The van der Waals surface area contributed by atoms with Gasteiger partial charge in [0.1, 0.15) is 5.75 Å². The van der Waals surface area contributed by atoms with Crippen molar-refractivity contribution in [3.63, 3.8) is 0 Å². The molecule has 1 aliphatic rings. The fourth-order valence-electron chi connectivity index (χ4n) is 2.85. The van der Waals surface area contributed by atoms with Gasteiger partial charge in [-0.05, 0) is 60.2 Å². The molecule has 0 heterocycles. The Morgan fingerprint density at radius 2 is 1.74 bits per heavy atom. The van der Waals surface area contributed by atoms with E-state index in [2.05, 4.69) is 16.9 Å². The first-order valence-corrected chi connectivity index (χ1v) is 7.65. The number of ether oxygens (including phenoxy) is 2. The lowest BCUT2D eigenvalue weighted by Gasteiger charge is -2.07. The first kappa shape index (κ1) is 15.3. The minimum Gasteiger partial charge on any atom is -0.465 e. The van der Waals surface area contributed by atoms with Crippen molar-refractivity contribution >= 4 is 11.9 Å². The zero-order chi connectivity index (χ0) is 16.2. The normalized spacial score (nSPS) is 12.6. The van der Waals surface area contributed by atoms with Crippen LogP contribution in [0.25, 0.3) is 0 Å². The molecule has 0 aliphatic heterocycles. The molecule has 118 valence electrons. The molecule has 0 saturated heterocycles. The summed E-state index contributed by atoms with van der Waals surface area (Å²) in [5, 5.41) is 0. The van der Waals surface area contributed by atoms with E-state index >= 15 is 0 Å². The van der Waals surface area contributed by atoms with Crippen LogP contribution in [0.4, 0.5) is 0 Å². The van der Waals surface area contributed by atoms with E-state index in [1.807, 2.05) is 6.07 Å². The lowest BCUT2D eigenvalue weighted by Crippen LogP contribution is -2.11. The highest BCUT2D eigenvalue weighted by Gasteiger charge is 2.13. The van der Waals surface area contributed by atoms with Crippen LogP contribution in [0.15, 0.2) is 42.5 Å². The Balaban J connectivity index is 1.62. The Bertz CT molecular complexity index is 732. The fourth-order valence-corrected chi connectivity index (χ4v) is 2.85. The Morgan fingerprint density at radius 3 is 2.48 bits per heavy atom. The number of benzene rings is 2. The van der Waals surface area contributed by atoms with Crippen LogP contribution in [-0.4, -0.2) is 19.0 Å². The highest BCUT2D eigenvalue weighted by Crippen LogP contribution is 2.23. The third-order valence-corrected chi connectivity index (χ3v) is 4.02. The van der Waals surface area contributed by atoms with E-state index < -0.39 is 5.97 Å². The quantitative estimate of drug-likeness (QED) is 0.643. The molecule has 4 heteroatoms. The van der Waals surface area contributed by atoms with Crippen LogP contribution in [0, 0.1) is 0 Å². The van der Waals surface area contributed by atoms with Gasteiger partial charge in [-0.15, -0.1) is 0 Å². The highest BCUT2D eigenvalue weighted by molar-refractivity contribution is 5.89. The van der Waals surface area contributed by atoms with Gasteiger partial charge >= 0.3 is 11.9 Å². The van der Waals surface area contributed by atoms with Gasteiger partial charge in [0.05, 0.1) is 19.1 Å². The number of hydrogen-bond acceptors (Lipinski definition) is 4. The molecular formula is C19H18O4. The summed E-state index contributed by atoms with van der Waals surface area (Å²) in [4.78, 5) is 23.4. The molecule has 0 N–H and O–H groups in total. The second-order valence-corrected chi connectivity index (χ2v) is 5.62. The molecule has 1 aliphatic carbocycles. The summed E-state index contributed by atoms with van der Waals surface area (Å²) in [6, 6.07) is 12.5. The minimum absolute atomic E-state index is 0.242. The van der Waals surface area contributed by atoms with E-state index in [-0.39, 0.29) is 12.4 Å². The van der Waals surface area contributed by atoms with Gasteiger partial charge < -0.3 is 9.47 Å². The zero-order valence-electron chi connectivity index (χ0n) is 13.0. The number of aryl methyl sites for hydroxylation is 2. The maximum atomic E-state index is 12.0. The molecule has 0 atom stereocenters. The van der Waals surface area contributed by atoms with Crippen LogP contribution < -0.4 is 4.74 Å². The van der Waals surface area contributed by atoms with Crippen LogP contribution in [0.2, 0.25) is 0 Å². The van der Waals surface area contributed by atoms with Crippen molar-refractivity contribution < 1.29 is 19.1 Å². The number of carbonyl (C=O) groups is 2. The van der Waals surface area contributed by atoms with Gasteiger partial charge in [-0.25, -0.2) is 4.79 Å². The largest absolute Gasteiger partial charge is 0.465 e. The number of hydrogen-bond donors (Lipinski definition) is 0. The molecule has 0 fully saturated rings. The first-order chi connectivity index (χ1) is 11.2. The maximum absolute atomic E-state index is 12.0. The van der Waals surface area contributed by atoms with E-state index in [9.17, 15) is 9.59 Å². The maximum Gasteiger partial charge on any atom is 0.337 e. The molecule has 0 bridgehead atoms. The van der Waals surface area contributed by atoms with Crippen LogP contribution in [0.1, 0.15) is 33.5 Å². The second-order valence-electron chi connectivity index (χ2n) is 5.62. The van der Waals surface area contributed by atoms with Crippen LogP contribution >= 0.6 is 0 Å². The Labute approximate surface area is 135 Å². The molecular weight excluding hydrogens is 292 g/mol. The fraction of sp³-hybridized carbons (Fsp3) is 0.263. The lowest BCUT2D eigenvalue weighted by molar-refractivity contribution is -0.133. The van der Waals surface area contributed by atoms with E-state index in [0.29, 0.717) is 11.3 Å². The summed E-state index contributed by atoms with van der Waals surface area (Å²) in [7, 11) is 1.33. The molecule has 0 saturated carbocycles. The van der Waals surface area contributed by atoms with Crippen molar-refractivity contribution in [2.45, 2.75) is 25.7 Å². The summed E-state index contributed by atoms with van der Waals surface area (Å²) in [6.07, 6.45) is 3.65. The molecule has 2 aromatic carbocycles. The molecule has 0 unspecified atom stereocenters. The molecule has 3 rings (SSSR count). The van der Waals surface area contributed by atoms with E-state index in [1.165, 1.54) is 24.7 Å². The van der Waals surface area contributed by atoms with Crippen LogP contribution in [0.5, 0.6) is 5.75 Å². The van der Waals surface area contributed by atoms with E-state index in [4.69, 9.17) is 4.74 Å². The SMILES string of the molecule is COC(=O)c1ccc(OC(=O)Cc2ccc3c(c2)CCC3)cc1. The second kappa shape index (κ2) is 6.65. The van der Waals surface area contributed by atoms with Gasteiger partial charge in [0.2, 0.25) is 0 Å². The van der Waals surface area contributed by atoms with Gasteiger partial charge in [-0.1, -0.05) is 18.2 Å². The van der Waals surface area contributed by atoms with Crippen molar-refractivity contribution in [3.05, 3.63) is 64.7 Å². The average Bonchev–Trinajstić information content (AvgIpc) is 3.02. The van der Waals surface area contributed by atoms with Crippen molar-refractivity contribution in [1.82, 2.24) is 0 Å². The van der Waals surface area contributed by atoms with Crippen molar-refractivity contribution in [3.8, 4) is 5.75 Å². The Hall–Kier alpha value is -2.62. The van der Waals surface area contributed by atoms with E-state index in [0.717, 1.165) is 18.4 Å². The number of fused-ring (bicyclic) bond motifs is 1. The van der Waals surface area contributed by atoms with Crippen molar-refractivity contribution in [2.75, 3.05) is 7.11 Å². The summed E-state index contributed by atoms with van der Waals surface area (Å²) in [5.41, 5.74) is 4.13. The van der Waals surface area contributed by atoms with E-state index in [1.54, 1.807) is 24.3 Å². The summed E-state index contributed by atoms with van der Waals surface area (Å²) < 4.78 is 9.94. The number of rotatable bonds is 4. The first-order valence-electron chi connectivity index (χ1n) is 7.65. The number of esters is 2. The predicted molar refractivity (Wildman–Crippen MR) is 85.6 cm³/mol. The standard InChI is InChI=1S/C19H18O4/c1-22-19(21)15-7-9-17(10-8-15)23-18(20)12-13-5-6-14-3-2-4-16(14)11-13/h5-11H,2-4,12H2,1H3. The van der Waals surface area contributed by atoms with Crippen LogP contribution in [-0.2, 0) is 28.8 Å². The van der Waals surface area contributed by atoms with Crippen LogP contribution in [0.3, 0.4) is 0 Å². The van der Waals surface area contributed by atoms with Crippen molar-refractivity contribution in [1.29, 1.82) is 0 Å². The highest BCUT2D eigenvalue weighted by atomic mass is 16.5. The smallest absolute Gasteiger partial charge is 0.337 e. The molecule has 0 aromatic heterocycles. The third-order valence-electron chi connectivity index (χ3n) is 4.02. The molecule has 4 nitrogen and oxygen atoms in total. The van der Waals surface area contributed by atoms with Gasteiger partial charge in [-0.2, -0.15) is 0 Å². The molecule has 0 amide bonds. The minimum atomic E-state index is -0.416. The monoisotopic (exact) mass is 310 g/mol. The Kier molecular flexibility index (Phi) is 4.42. The van der Waals surface area contributed by atoms with Crippen molar-refractivity contribution in [2.24, 2.45) is 0 Å². The number of carbonyl (C=O) groups excluding carboxylic acids is 2. The summed E-state index contributed by atoms with van der Waals surface area (Å²) in [6.45, 7) is 0. The zero-order valence-corrected chi connectivity index (χ0v) is 13.0.